The Morgan fingerprint density at radius 3 is 2.84 bits per heavy atom. The molecule has 19 heavy (non-hydrogen) atoms. The predicted octanol–water partition coefficient (Wildman–Crippen LogP) is 2.39. The highest BCUT2D eigenvalue weighted by Gasteiger charge is 2.15. The zero-order valence-electron chi connectivity index (χ0n) is 12.0. The Kier molecular flexibility index (Phi) is 6.18. The van der Waals surface area contributed by atoms with Crippen LogP contribution >= 0.6 is 0 Å². The van der Waals surface area contributed by atoms with Crippen molar-refractivity contribution in [3.63, 3.8) is 0 Å². The van der Waals surface area contributed by atoms with E-state index in [9.17, 15) is 0 Å². The number of para-hydroxylation sites is 1. The van der Waals surface area contributed by atoms with Crippen molar-refractivity contribution in [2.75, 3.05) is 39.3 Å². The number of nitrogens with one attached hydrogen (secondary N) is 1. The van der Waals surface area contributed by atoms with Crippen LogP contribution in [0.5, 0.6) is 5.75 Å². The second-order valence-electron chi connectivity index (χ2n) is 5.27. The van der Waals surface area contributed by atoms with E-state index in [1.165, 1.54) is 32.5 Å². The molecule has 106 valence electrons. The van der Waals surface area contributed by atoms with Crippen molar-refractivity contribution in [1.29, 1.82) is 0 Å². The van der Waals surface area contributed by atoms with Crippen LogP contribution in [0.3, 0.4) is 0 Å². The molecule has 1 aliphatic rings. The van der Waals surface area contributed by atoms with Gasteiger partial charge in [-0.3, -0.25) is 4.90 Å². The van der Waals surface area contributed by atoms with Gasteiger partial charge in [0.25, 0.3) is 0 Å². The maximum absolute atomic E-state index is 5.77. The molecule has 1 unspecified atom stereocenters. The number of nitrogens with zero attached hydrogens (tertiary/aromatic N) is 1. The number of ether oxygens (including phenoxy) is 1. The first-order valence-corrected chi connectivity index (χ1v) is 7.49. The van der Waals surface area contributed by atoms with Crippen molar-refractivity contribution in [1.82, 2.24) is 10.2 Å². The van der Waals surface area contributed by atoms with E-state index in [0.29, 0.717) is 0 Å². The molecule has 1 N–H and O–H groups in total. The first kappa shape index (κ1) is 14.4. The number of piperidine rings is 1. The van der Waals surface area contributed by atoms with E-state index in [4.69, 9.17) is 4.74 Å². The summed E-state index contributed by atoms with van der Waals surface area (Å²) in [6.45, 7) is 8.70. The third kappa shape index (κ3) is 5.21. The van der Waals surface area contributed by atoms with Gasteiger partial charge in [0, 0.05) is 13.1 Å². The fraction of sp³-hybridized carbons (Fsp3) is 0.625. The van der Waals surface area contributed by atoms with Gasteiger partial charge in [0.2, 0.25) is 0 Å². The number of benzene rings is 1. The molecular formula is C16H26N2O. The fourth-order valence-electron chi connectivity index (χ4n) is 2.63. The van der Waals surface area contributed by atoms with Gasteiger partial charge in [-0.25, -0.2) is 0 Å². The maximum atomic E-state index is 5.77. The number of hydrogen-bond acceptors (Lipinski definition) is 3. The Morgan fingerprint density at radius 2 is 2.16 bits per heavy atom. The van der Waals surface area contributed by atoms with Crippen molar-refractivity contribution in [3.05, 3.63) is 30.3 Å². The van der Waals surface area contributed by atoms with Crippen LogP contribution in [0, 0.1) is 5.92 Å². The van der Waals surface area contributed by atoms with E-state index in [1.807, 2.05) is 30.3 Å². The van der Waals surface area contributed by atoms with E-state index in [-0.39, 0.29) is 0 Å². The maximum Gasteiger partial charge on any atom is 0.119 e. The predicted molar refractivity (Wildman–Crippen MR) is 79.6 cm³/mol. The van der Waals surface area contributed by atoms with Crippen molar-refractivity contribution in [2.45, 2.75) is 19.8 Å². The molecule has 0 radical (unpaired) electrons. The zero-order valence-corrected chi connectivity index (χ0v) is 12.0. The van der Waals surface area contributed by atoms with Crippen LogP contribution < -0.4 is 10.1 Å². The van der Waals surface area contributed by atoms with Crippen molar-refractivity contribution < 1.29 is 4.74 Å². The molecule has 1 aromatic carbocycles. The molecule has 3 heteroatoms. The Labute approximate surface area is 116 Å². The average molecular weight is 262 g/mol. The van der Waals surface area contributed by atoms with Gasteiger partial charge in [0.05, 0.1) is 0 Å². The Hall–Kier alpha value is -1.06. The molecule has 0 saturated carbocycles. The summed E-state index contributed by atoms with van der Waals surface area (Å²) in [7, 11) is 0. The van der Waals surface area contributed by atoms with Crippen molar-refractivity contribution in [3.8, 4) is 5.75 Å². The highest BCUT2D eigenvalue weighted by molar-refractivity contribution is 5.20. The highest BCUT2D eigenvalue weighted by Crippen LogP contribution is 2.12. The lowest BCUT2D eigenvalue weighted by Gasteiger charge is -2.29. The second kappa shape index (κ2) is 8.18. The number of likely N-dealkylation sites (N-methyl/N-ethyl adjacent to an activating group) is 1. The van der Waals surface area contributed by atoms with Crippen LogP contribution in [0.15, 0.2) is 30.3 Å². The Bertz CT molecular complexity index is 336. The Morgan fingerprint density at radius 1 is 1.32 bits per heavy atom. The topological polar surface area (TPSA) is 24.5 Å². The minimum absolute atomic E-state index is 0.776. The smallest absolute Gasteiger partial charge is 0.119 e. The van der Waals surface area contributed by atoms with Crippen LogP contribution in [0.4, 0.5) is 0 Å². The first-order chi connectivity index (χ1) is 9.38. The minimum atomic E-state index is 0.776. The van der Waals surface area contributed by atoms with Gasteiger partial charge in [0.15, 0.2) is 0 Å². The molecule has 1 atom stereocenters. The van der Waals surface area contributed by atoms with Crippen LogP contribution in [-0.2, 0) is 0 Å². The van der Waals surface area contributed by atoms with E-state index >= 15 is 0 Å². The van der Waals surface area contributed by atoms with E-state index in [1.54, 1.807) is 0 Å². The summed E-state index contributed by atoms with van der Waals surface area (Å²) in [6, 6.07) is 10.1. The van der Waals surface area contributed by atoms with E-state index in [0.717, 1.165) is 31.4 Å². The molecule has 0 bridgehead atoms. The third-order valence-electron chi connectivity index (χ3n) is 3.78. The van der Waals surface area contributed by atoms with Gasteiger partial charge in [-0.1, -0.05) is 25.1 Å². The van der Waals surface area contributed by atoms with Crippen LogP contribution in [0.2, 0.25) is 0 Å². The van der Waals surface area contributed by atoms with Crippen LogP contribution in [0.25, 0.3) is 0 Å². The summed E-state index contributed by atoms with van der Waals surface area (Å²) in [6.07, 6.45) is 2.69. The average Bonchev–Trinajstić information content (AvgIpc) is 2.48. The van der Waals surface area contributed by atoms with Crippen molar-refractivity contribution in [2.24, 2.45) is 5.92 Å². The Balaban J connectivity index is 1.67. The fourth-order valence-corrected chi connectivity index (χ4v) is 2.63. The first-order valence-electron chi connectivity index (χ1n) is 7.49. The molecule has 1 fully saturated rings. The summed E-state index contributed by atoms with van der Waals surface area (Å²) in [5.41, 5.74) is 0. The highest BCUT2D eigenvalue weighted by atomic mass is 16.5. The third-order valence-corrected chi connectivity index (χ3v) is 3.78. The number of rotatable bonds is 7. The monoisotopic (exact) mass is 262 g/mol. The standard InChI is InChI=1S/C16H26N2O/c1-2-18(14-15-7-6-10-17-13-15)11-12-19-16-8-4-3-5-9-16/h3-5,8-9,15,17H,2,6-7,10-14H2,1H3. The summed E-state index contributed by atoms with van der Waals surface area (Å²) in [5, 5.41) is 3.49. The molecule has 0 aliphatic carbocycles. The molecule has 0 spiro atoms. The molecule has 1 aliphatic heterocycles. The summed E-state index contributed by atoms with van der Waals surface area (Å²) < 4.78 is 5.77. The van der Waals surface area contributed by atoms with Gasteiger partial charge in [-0.05, 0) is 50.5 Å². The quantitative estimate of drug-likeness (QED) is 0.816. The van der Waals surface area contributed by atoms with Gasteiger partial charge in [0.1, 0.15) is 12.4 Å². The van der Waals surface area contributed by atoms with Gasteiger partial charge in [-0.2, -0.15) is 0 Å². The lowest BCUT2D eigenvalue weighted by atomic mass is 9.99. The normalized spacial score (nSPS) is 19.6. The van der Waals surface area contributed by atoms with Gasteiger partial charge < -0.3 is 10.1 Å². The van der Waals surface area contributed by atoms with Crippen LogP contribution in [-0.4, -0.2) is 44.2 Å². The molecule has 1 heterocycles. The molecular weight excluding hydrogens is 236 g/mol. The van der Waals surface area contributed by atoms with Crippen LogP contribution in [0.1, 0.15) is 19.8 Å². The summed E-state index contributed by atoms with van der Waals surface area (Å²) >= 11 is 0. The second-order valence-corrected chi connectivity index (χ2v) is 5.27. The largest absolute Gasteiger partial charge is 0.492 e. The van der Waals surface area contributed by atoms with Crippen molar-refractivity contribution >= 4 is 0 Å². The van der Waals surface area contributed by atoms with Gasteiger partial charge in [-0.15, -0.1) is 0 Å². The van der Waals surface area contributed by atoms with Gasteiger partial charge >= 0.3 is 0 Å². The lowest BCUT2D eigenvalue weighted by Crippen LogP contribution is -2.39. The summed E-state index contributed by atoms with van der Waals surface area (Å²) in [4.78, 5) is 2.50. The number of hydrogen-bond donors (Lipinski definition) is 1. The minimum Gasteiger partial charge on any atom is -0.492 e. The molecule has 2 rings (SSSR count). The summed E-state index contributed by atoms with van der Waals surface area (Å²) in [5.74, 6) is 1.78. The molecule has 3 nitrogen and oxygen atoms in total. The van der Waals surface area contributed by atoms with E-state index < -0.39 is 0 Å². The molecule has 1 aromatic rings. The zero-order chi connectivity index (χ0) is 13.3. The molecule has 1 saturated heterocycles. The van der Waals surface area contributed by atoms with E-state index in [2.05, 4.69) is 17.1 Å². The lowest BCUT2D eigenvalue weighted by molar-refractivity contribution is 0.179. The molecule has 0 amide bonds. The molecule has 0 aromatic heterocycles. The SMILES string of the molecule is CCN(CCOc1ccccc1)CC1CCCNC1.